The second-order valence-electron chi connectivity index (χ2n) is 4.18. The molecule has 90 valence electrons. The van der Waals surface area contributed by atoms with Gasteiger partial charge < -0.3 is 9.64 Å². The Kier molecular flexibility index (Phi) is 4.16. The van der Waals surface area contributed by atoms with E-state index in [1.807, 2.05) is 0 Å². The average Bonchev–Trinajstić information content (AvgIpc) is 2.78. The molecule has 0 bridgehead atoms. The second kappa shape index (κ2) is 5.42. The number of ether oxygens (including phenoxy) is 1. The number of aromatic nitrogens is 2. The van der Waals surface area contributed by atoms with Gasteiger partial charge in [-0.1, -0.05) is 29.8 Å². The van der Waals surface area contributed by atoms with Crippen LogP contribution >= 0.6 is 27.5 Å². The Hall–Kier alpha value is -0.200. The lowest BCUT2D eigenvalue weighted by Crippen LogP contribution is -2.43. The molecule has 0 spiro atoms. The van der Waals surface area contributed by atoms with Gasteiger partial charge in [0.2, 0.25) is 5.13 Å². The average molecular weight is 306 g/mol. The SMILES string of the molecule is CC(C)c1nsc(N2CCOC(CBr)C2)n1. The van der Waals surface area contributed by atoms with Crippen LogP contribution < -0.4 is 4.90 Å². The normalized spacial score (nSPS) is 21.8. The number of hydrogen-bond acceptors (Lipinski definition) is 5. The Morgan fingerprint density at radius 1 is 1.62 bits per heavy atom. The highest BCUT2D eigenvalue weighted by atomic mass is 79.9. The molecule has 2 heterocycles. The van der Waals surface area contributed by atoms with E-state index in [-0.39, 0.29) is 6.10 Å². The van der Waals surface area contributed by atoms with Crippen molar-refractivity contribution < 1.29 is 4.74 Å². The summed E-state index contributed by atoms with van der Waals surface area (Å²) in [7, 11) is 0. The van der Waals surface area contributed by atoms with Crippen molar-refractivity contribution in [3.63, 3.8) is 0 Å². The summed E-state index contributed by atoms with van der Waals surface area (Å²) in [5, 5.41) is 1.90. The van der Waals surface area contributed by atoms with Crippen molar-refractivity contribution in [3.8, 4) is 0 Å². The molecular weight excluding hydrogens is 290 g/mol. The Morgan fingerprint density at radius 3 is 3.06 bits per heavy atom. The minimum Gasteiger partial charge on any atom is -0.374 e. The minimum atomic E-state index is 0.264. The van der Waals surface area contributed by atoms with Gasteiger partial charge in [-0.05, 0) is 0 Å². The predicted octanol–water partition coefficient (Wildman–Crippen LogP) is 2.26. The Bertz CT molecular complexity index is 345. The number of morpholine rings is 1. The van der Waals surface area contributed by atoms with Crippen LogP contribution in [0.25, 0.3) is 0 Å². The maximum atomic E-state index is 5.60. The summed E-state index contributed by atoms with van der Waals surface area (Å²) in [4.78, 5) is 6.83. The molecule has 1 unspecified atom stereocenters. The van der Waals surface area contributed by atoms with E-state index >= 15 is 0 Å². The molecule has 1 saturated heterocycles. The molecule has 1 aromatic heterocycles. The highest BCUT2D eigenvalue weighted by Crippen LogP contribution is 2.23. The molecule has 16 heavy (non-hydrogen) atoms. The first-order valence-electron chi connectivity index (χ1n) is 5.47. The van der Waals surface area contributed by atoms with Crippen molar-refractivity contribution >= 4 is 32.6 Å². The number of rotatable bonds is 3. The van der Waals surface area contributed by atoms with Crippen molar-refractivity contribution in [2.45, 2.75) is 25.9 Å². The molecule has 1 atom stereocenters. The standard InChI is InChI=1S/C10H16BrN3OS/c1-7(2)9-12-10(16-13-9)14-3-4-15-8(5-11)6-14/h7-8H,3-6H2,1-2H3. The lowest BCUT2D eigenvalue weighted by atomic mass is 10.2. The number of alkyl halides is 1. The van der Waals surface area contributed by atoms with Crippen molar-refractivity contribution in [3.05, 3.63) is 5.82 Å². The fraction of sp³-hybridized carbons (Fsp3) is 0.800. The van der Waals surface area contributed by atoms with Crippen LogP contribution in [0.2, 0.25) is 0 Å². The van der Waals surface area contributed by atoms with Crippen molar-refractivity contribution in [2.75, 3.05) is 29.9 Å². The van der Waals surface area contributed by atoms with E-state index in [9.17, 15) is 0 Å². The van der Waals surface area contributed by atoms with Gasteiger partial charge >= 0.3 is 0 Å². The van der Waals surface area contributed by atoms with Gasteiger partial charge in [0.25, 0.3) is 0 Å². The zero-order valence-electron chi connectivity index (χ0n) is 9.52. The molecule has 2 rings (SSSR count). The van der Waals surface area contributed by atoms with E-state index < -0.39 is 0 Å². The van der Waals surface area contributed by atoms with Crippen LogP contribution in [0.5, 0.6) is 0 Å². The van der Waals surface area contributed by atoms with Gasteiger partial charge in [0.05, 0.1) is 12.7 Å². The lowest BCUT2D eigenvalue weighted by Gasteiger charge is -2.31. The van der Waals surface area contributed by atoms with Crippen molar-refractivity contribution in [1.29, 1.82) is 0 Å². The molecule has 0 saturated carbocycles. The highest BCUT2D eigenvalue weighted by Gasteiger charge is 2.22. The van der Waals surface area contributed by atoms with E-state index in [0.717, 1.165) is 36.0 Å². The molecule has 0 amide bonds. The zero-order chi connectivity index (χ0) is 11.5. The maximum Gasteiger partial charge on any atom is 0.205 e. The minimum absolute atomic E-state index is 0.264. The van der Waals surface area contributed by atoms with E-state index in [1.165, 1.54) is 11.5 Å². The van der Waals surface area contributed by atoms with Crippen LogP contribution in [0.4, 0.5) is 5.13 Å². The van der Waals surface area contributed by atoms with Gasteiger partial charge in [0, 0.05) is 35.9 Å². The van der Waals surface area contributed by atoms with E-state index in [0.29, 0.717) is 5.92 Å². The first kappa shape index (κ1) is 12.3. The van der Waals surface area contributed by atoms with Gasteiger partial charge in [-0.2, -0.15) is 4.37 Å². The summed E-state index contributed by atoms with van der Waals surface area (Å²) >= 11 is 4.95. The summed E-state index contributed by atoms with van der Waals surface area (Å²) in [5.41, 5.74) is 0. The first-order valence-corrected chi connectivity index (χ1v) is 7.36. The summed E-state index contributed by atoms with van der Waals surface area (Å²) in [6.07, 6.45) is 0.264. The number of hydrogen-bond donors (Lipinski definition) is 0. The fourth-order valence-electron chi connectivity index (χ4n) is 1.58. The van der Waals surface area contributed by atoms with E-state index in [1.54, 1.807) is 0 Å². The maximum absolute atomic E-state index is 5.60. The van der Waals surface area contributed by atoms with Crippen LogP contribution in [0.15, 0.2) is 0 Å². The molecule has 6 heteroatoms. The van der Waals surface area contributed by atoms with Crippen LogP contribution in [-0.2, 0) is 4.74 Å². The number of nitrogens with zero attached hydrogens (tertiary/aromatic N) is 3. The van der Waals surface area contributed by atoms with Gasteiger partial charge in [-0.3, -0.25) is 0 Å². The van der Waals surface area contributed by atoms with Crippen LogP contribution in [0.3, 0.4) is 0 Å². The molecule has 0 aromatic carbocycles. The molecule has 1 aromatic rings. The third-order valence-electron chi connectivity index (χ3n) is 2.53. The largest absolute Gasteiger partial charge is 0.374 e. The third kappa shape index (κ3) is 2.73. The van der Waals surface area contributed by atoms with Gasteiger partial charge in [0.15, 0.2) is 0 Å². The lowest BCUT2D eigenvalue weighted by molar-refractivity contribution is 0.0570. The Labute approximate surface area is 108 Å². The fourth-order valence-corrected chi connectivity index (χ4v) is 2.81. The molecule has 1 aliphatic heterocycles. The first-order chi connectivity index (χ1) is 7.70. The van der Waals surface area contributed by atoms with Crippen LogP contribution in [0, 0.1) is 0 Å². The summed E-state index contributed by atoms with van der Waals surface area (Å²) in [6, 6.07) is 0. The summed E-state index contributed by atoms with van der Waals surface area (Å²) < 4.78 is 9.98. The summed E-state index contributed by atoms with van der Waals surface area (Å²) in [5.74, 6) is 1.35. The van der Waals surface area contributed by atoms with E-state index in [4.69, 9.17) is 4.74 Å². The van der Waals surface area contributed by atoms with Gasteiger partial charge in [0.1, 0.15) is 5.82 Å². The van der Waals surface area contributed by atoms with Crippen LogP contribution in [-0.4, -0.2) is 40.5 Å². The van der Waals surface area contributed by atoms with Crippen LogP contribution in [0.1, 0.15) is 25.6 Å². The Balaban J connectivity index is 2.05. The molecular formula is C10H16BrN3OS. The van der Waals surface area contributed by atoms with Crippen molar-refractivity contribution in [1.82, 2.24) is 9.36 Å². The molecule has 0 aliphatic carbocycles. The van der Waals surface area contributed by atoms with Gasteiger partial charge in [-0.25, -0.2) is 4.98 Å². The quantitative estimate of drug-likeness (QED) is 0.803. The van der Waals surface area contributed by atoms with E-state index in [2.05, 4.69) is 44.0 Å². The van der Waals surface area contributed by atoms with Gasteiger partial charge in [-0.15, -0.1) is 0 Å². The summed E-state index contributed by atoms with van der Waals surface area (Å²) in [6.45, 7) is 6.82. The molecule has 0 radical (unpaired) electrons. The molecule has 0 N–H and O–H groups in total. The smallest absolute Gasteiger partial charge is 0.205 e. The topological polar surface area (TPSA) is 38.2 Å². The predicted molar refractivity (Wildman–Crippen MR) is 69.7 cm³/mol. The molecule has 1 aliphatic rings. The number of anilines is 1. The second-order valence-corrected chi connectivity index (χ2v) is 5.56. The number of halogens is 1. The zero-order valence-corrected chi connectivity index (χ0v) is 11.9. The van der Waals surface area contributed by atoms with Crippen molar-refractivity contribution in [2.24, 2.45) is 0 Å². The molecule has 4 nitrogen and oxygen atoms in total. The monoisotopic (exact) mass is 305 g/mol. The Morgan fingerprint density at radius 2 is 2.44 bits per heavy atom. The third-order valence-corrected chi connectivity index (χ3v) is 4.04. The molecule has 1 fully saturated rings. The highest BCUT2D eigenvalue weighted by molar-refractivity contribution is 9.09.